The number of carboxylic acids is 1. The molecule has 34 heavy (non-hydrogen) atoms. The molecule has 1 saturated heterocycles. The number of alkyl halides is 6. The molecule has 11 heteroatoms. The third kappa shape index (κ3) is 9.05. The van der Waals surface area contributed by atoms with Crippen LogP contribution in [0, 0.1) is 0 Å². The summed E-state index contributed by atoms with van der Waals surface area (Å²) in [4.78, 5) is 22.5. The minimum atomic E-state index is -5.08. The maximum atomic E-state index is 12.6. The van der Waals surface area contributed by atoms with Crippen molar-refractivity contribution >= 4 is 11.9 Å². The molecule has 0 aliphatic carbocycles. The summed E-state index contributed by atoms with van der Waals surface area (Å²) in [7, 11) is 0. The molecule has 186 valence electrons. The highest BCUT2D eigenvalue weighted by atomic mass is 19.4. The van der Waals surface area contributed by atoms with Gasteiger partial charge in [-0.2, -0.15) is 26.3 Å². The van der Waals surface area contributed by atoms with Gasteiger partial charge in [0.05, 0.1) is 0 Å². The number of rotatable bonds is 5. The van der Waals surface area contributed by atoms with Crippen molar-refractivity contribution in [1.82, 2.24) is 10.2 Å². The van der Waals surface area contributed by atoms with E-state index in [1.165, 1.54) is 5.56 Å². The summed E-state index contributed by atoms with van der Waals surface area (Å²) in [5.74, 6) is -4.60. The van der Waals surface area contributed by atoms with Crippen LogP contribution in [0.1, 0.15) is 24.0 Å². The lowest BCUT2D eigenvalue weighted by molar-refractivity contribution is -0.192. The van der Waals surface area contributed by atoms with E-state index >= 15 is 0 Å². The molecule has 2 atom stereocenters. The SMILES string of the molecule is O=C(NC1CCN(Cc2ccccc2)[C@H](Cc2ccccc2)C1)C(F)(F)F.O=C(O)C(F)(F)F. The van der Waals surface area contributed by atoms with Gasteiger partial charge in [-0.25, -0.2) is 4.79 Å². The van der Waals surface area contributed by atoms with Crippen LogP contribution in [0.5, 0.6) is 0 Å². The Bertz CT molecular complexity index is 920. The molecule has 0 bridgehead atoms. The molecule has 5 nitrogen and oxygen atoms in total. The van der Waals surface area contributed by atoms with Crippen molar-refractivity contribution in [3.8, 4) is 0 Å². The summed E-state index contributed by atoms with van der Waals surface area (Å²) >= 11 is 0. The molecular weight excluding hydrogens is 466 g/mol. The molecule has 1 heterocycles. The Balaban J connectivity index is 0.000000509. The maximum Gasteiger partial charge on any atom is 0.490 e. The van der Waals surface area contributed by atoms with Crippen molar-refractivity contribution in [3.05, 3.63) is 71.8 Å². The molecule has 2 aromatic rings. The molecule has 2 N–H and O–H groups in total. The van der Waals surface area contributed by atoms with E-state index in [2.05, 4.69) is 22.3 Å². The van der Waals surface area contributed by atoms with Gasteiger partial charge in [-0.05, 0) is 30.4 Å². The van der Waals surface area contributed by atoms with Gasteiger partial charge in [-0.1, -0.05) is 60.7 Å². The van der Waals surface area contributed by atoms with Crippen LogP contribution in [0.2, 0.25) is 0 Å². The highest BCUT2D eigenvalue weighted by Gasteiger charge is 2.41. The lowest BCUT2D eigenvalue weighted by Gasteiger charge is -2.40. The van der Waals surface area contributed by atoms with Crippen LogP contribution in [-0.2, 0) is 22.6 Å². The Morgan fingerprint density at radius 2 is 1.38 bits per heavy atom. The molecule has 1 aliphatic heterocycles. The average Bonchev–Trinajstić information content (AvgIpc) is 2.76. The van der Waals surface area contributed by atoms with Gasteiger partial charge in [-0.15, -0.1) is 0 Å². The number of halogens is 6. The first-order chi connectivity index (χ1) is 15.9. The molecule has 0 radical (unpaired) electrons. The number of nitrogens with zero attached hydrogens (tertiary/aromatic N) is 1. The summed E-state index contributed by atoms with van der Waals surface area (Å²) in [6.45, 7) is 1.40. The molecule has 1 aliphatic rings. The number of carbonyl (C=O) groups excluding carboxylic acids is 1. The topological polar surface area (TPSA) is 69.6 Å². The Kier molecular flexibility index (Phi) is 9.48. The predicted octanol–water partition coefficient (Wildman–Crippen LogP) is 4.57. The first-order valence-corrected chi connectivity index (χ1v) is 10.4. The molecular formula is C23H24F6N2O3. The largest absolute Gasteiger partial charge is 0.490 e. The van der Waals surface area contributed by atoms with Gasteiger partial charge < -0.3 is 10.4 Å². The highest BCUT2D eigenvalue weighted by molar-refractivity contribution is 5.81. The van der Waals surface area contributed by atoms with E-state index in [0.717, 1.165) is 18.5 Å². The van der Waals surface area contributed by atoms with E-state index in [0.29, 0.717) is 19.4 Å². The van der Waals surface area contributed by atoms with Crippen molar-refractivity contribution in [3.63, 3.8) is 0 Å². The molecule has 1 unspecified atom stereocenters. The summed E-state index contributed by atoms with van der Waals surface area (Å²) in [6.07, 6.45) is -8.16. The lowest BCUT2D eigenvalue weighted by atomic mass is 9.91. The Labute approximate surface area is 192 Å². The average molecular weight is 490 g/mol. The van der Waals surface area contributed by atoms with Crippen LogP contribution in [0.4, 0.5) is 26.3 Å². The quantitative estimate of drug-likeness (QED) is 0.603. The zero-order valence-electron chi connectivity index (χ0n) is 17.9. The van der Waals surface area contributed by atoms with E-state index in [9.17, 15) is 31.1 Å². The van der Waals surface area contributed by atoms with Crippen molar-refractivity contribution in [1.29, 1.82) is 0 Å². The third-order valence-corrected chi connectivity index (χ3v) is 5.22. The van der Waals surface area contributed by atoms with Crippen molar-refractivity contribution in [2.45, 2.75) is 50.2 Å². The normalized spacial score (nSPS) is 19.0. The Morgan fingerprint density at radius 3 is 1.85 bits per heavy atom. The minimum absolute atomic E-state index is 0.0693. The number of hydrogen-bond acceptors (Lipinski definition) is 3. The van der Waals surface area contributed by atoms with Gasteiger partial charge in [0.1, 0.15) is 0 Å². The molecule has 0 aromatic heterocycles. The van der Waals surface area contributed by atoms with Crippen molar-refractivity contribution < 1.29 is 41.0 Å². The number of nitrogens with one attached hydrogen (secondary N) is 1. The number of carboxylic acid groups (broad SMARTS) is 1. The molecule has 3 rings (SSSR count). The number of hydrogen-bond donors (Lipinski definition) is 2. The number of aliphatic carboxylic acids is 1. The van der Waals surface area contributed by atoms with Crippen LogP contribution in [-0.4, -0.2) is 52.9 Å². The monoisotopic (exact) mass is 490 g/mol. The van der Waals surface area contributed by atoms with Crippen LogP contribution in [0.15, 0.2) is 60.7 Å². The fourth-order valence-corrected chi connectivity index (χ4v) is 3.62. The smallest absolute Gasteiger partial charge is 0.475 e. The van der Waals surface area contributed by atoms with Gasteiger partial charge in [0.2, 0.25) is 0 Å². The molecule has 1 amide bonds. The first-order valence-electron chi connectivity index (χ1n) is 10.4. The maximum absolute atomic E-state index is 12.6. The predicted molar refractivity (Wildman–Crippen MR) is 112 cm³/mol. The van der Waals surface area contributed by atoms with E-state index in [1.54, 1.807) is 0 Å². The third-order valence-electron chi connectivity index (χ3n) is 5.22. The molecule has 2 aromatic carbocycles. The second-order valence-corrected chi connectivity index (χ2v) is 7.80. The van der Waals surface area contributed by atoms with E-state index in [1.807, 2.05) is 48.5 Å². The second kappa shape index (κ2) is 11.9. The second-order valence-electron chi connectivity index (χ2n) is 7.80. The number of likely N-dealkylation sites (tertiary alicyclic amines) is 1. The highest BCUT2D eigenvalue weighted by Crippen LogP contribution is 2.25. The van der Waals surface area contributed by atoms with E-state index in [4.69, 9.17) is 9.90 Å². The van der Waals surface area contributed by atoms with Gasteiger partial charge in [0, 0.05) is 25.2 Å². The minimum Gasteiger partial charge on any atom is -0.475 e. The molecule has 1 fully saturated rings. The number of piperidine rings is 1. The van der Waals surface area contributed by atoms with Crippen LogP contribution in [0.25, 0.3) is 0 Å². The number of amides is 1. The fraction of sp³-hybridized carbons (Fsp3) is 0.391. The zero-order chi connectivity index (χ0) is 25.4. The Morgan fingerprint density at radius 1 is 0.882 bits per heavy atom. The standard InChI is InChI=1S/C21H23F3N2O.C2HF3O2/c22-21(23,24)20(27)25-18-11-12-26(15-17-9-5-2-6-10-17)19(14-18)13-16-7-3-1-4-8-16;3-2(4,5)1(6)7/h1-10,18-19H,11-15H2,(H,25,27);(H,6,7)/t18?,19-;/m1./s1. The summed E-state index contributed by atoms with van der Waals surface area (Å²) in [5, 5.41) is 9.29. The van der Waals surface area contributed by atoms with Gasteiger partial charge in [-0.3, -0.25) is 9.69 Å². The van der Waals surface area contributed by atoms with Crippen LogP contribution >= 0.6 is 0 Å². The first kappa shape index (κ1) is 27.2. The van der Waals surface area contributed by atoms with Crippen molar-refractivity contribution in [2.75, 3.05) is 6.54 Å². The lowest BCUT2D eigenvalue weighted by Crippen LogP contribution is -2.52. The van der Waals surface area contributed by atoms with Crippen LogP contribution in [0.3, 0.4) is 0 Å². The summed E-state index contributed by atoms with van der Waals surface area (Å²) < 4.78 is 69.5. The van der Waals surface area contributed by atoms with Crippen molar-refractivity contribution in [2.24, 2.45) is 0 Å². The van der Waals surface area contributed by atoms with Crippen LogP contribution < -0.4 is 5.32 Å². The fourth-order valence-electron chi connectivity index (χ4n) is 3.62. The zero-order valence-corrected chi connectivity index (χ0v) is 17.9. The van der Waals surface area contributed by atoms with E-state index < -0.39 is 30.3 Å². The van der Waals surface area contributed by atoms with Gasteiger partial charge in [0.15, 0.2) is 0 Å². The number of benzene rings is 2. The molecule has 0 saturated carbocycles. The summed E-state index contributed by atoms with van der Waals surface area (Å²) in [5.41, 5.74) is 2.32. The summed E-state index contributed by atoms with van der Waals surface area (Å²) in [6, 6.07) is 19.6. The Hall–Kier alpha value is -3.08. The number of carbonyl (C=O) groups is 2. The molecule has 0 spiro atoms. The van der Waals surface area contributed by atoms with Gasteiger partial charge in [0.25, 0.3) is 0 Å². The van der Waals surface area contributed by atoms with E-state index in [-0.39, 0.29) is 6.04 Å². The van der Waals surface area contributed by atoms with Gasteiger partial charge >= 0.3 is 24.2 Å².